The van der Waals surface area contributed by atoms with Crippen LogP contribution in [0.1, 0.15) is 207 Å². The fourth-order valence-electron chi connectivity index (χ4n) is 6.85. The number of allylic oxidation sites excluding steroid dienone is 26. The van der Waals surface area contributed by atoms with E-state index in [1.165, 1.54) is 25.7 Å². The molecule has 70 heavy (non-hydrogen) atoms. The first-order chi connectivity index (χ1) is 34.5. The molecule has 0 rings (SSSR count). The molecule has 0 amide bonds. The maximum atomic E-state index is 12.9. The van der Waals surface area contributed by atoms with Crippen LogP contribution in [0, 0.1) is 0 Å². The largest absolute Gasteiger partial charge is 0.462 e. The Bertz CT molecular complexity index is 1620. The van der Waals surface area contributed by atoms with Crippen molar-refractivity contribution >= 4 is 17.9 Å². The quantitative estimate of drug-likeness (QED) is 0.0199. The van der Waals surface area contributed by atoms with Crippen LogP contribution in [0.3, 0.4) is 0 Å². The van der Waals surface area contributed by atoms with Crippen molar-refractivity contribution in [3.05, 3.63) is 158 Å². The highest BCUT2D eigenvalue weighted by atomic mass is 16.6. The van der Waals surface area contributed by atoms with E-state index in [-0.39, 0.29) is 37.5 Å². The molecular formula is C64H98O6. The molecular weight excluding hydrogens is 865 g/mol. The molecule has 0 aromatic carbocycles. The van der Waals surface area contributed by atoms with Gasteiger partial charge in [0.1, 0.15) is 13.2 Å². The van der Waals surface area contributed by atoms with Gasteiger partial charge in [0.25, 0.3) is 0 Å². The molecule has 0 bridgehead atoms. The van der Waals surface area contributed by atoms with Gasteiger partial charge in [0, 0.05) is 19.3 Å². The second-order valence-corrected chi connectivity index (χ2v) is 17.6. The van der Waals surface area contributed by atoms with E-state index in [0.29, 0.717) is 12.8 Å². The minimum absolute atomic E-state index is 0.114. The summed E-state index contributed by atoms with van der Waals surface area (Å²) in [6.07, 6.45) is 82.2. The van der Waals surface area contributed by atoms with Crippen molar-refractivity contribution in [2.75, 3.05) is 13.2 Å². The van der Waals surface area contributed by atoms with Crippen LogP contribution in [0.2, 0.25) is 0 Å². The second-order valence-electron chi connectivity index (χ2n) is 17.6. The summed E-state index contributed by atoms with van der Waals surface area (Å²) in [4.78, 5) is 38.1. The molecule has 0 fully saturated rings. The van der Waals surface area contributed by atoms with Crippen molar-refractivity contribution in [2.24, 2.45) is 0 Å². The van der Waals surface area contributed by atoms with E-state index in [2.05, 4.69) is 142 Å². The zero-order chi connectivity index (χ0) is 50.7. The van der Waals surface area contributed by atoms with Gasteiger partial charge in [-0.25, -0.2) is 0 Å². The minimum Gasteiger partial charge on any atom is -0.462 e. The molecule has 0 N–H and O–H groups in total. The van der Waals surface area contributed by atoms with E-state index >= 15 is 0 Å². The van der Waals surface area contributed by atoms with Gasteiger partial charge in [-0.2, -0.15) is 0 Å². The van der Waals surface area contributed by atoms with Crippen LogP contribution >= 0.6 is 0 Å². The summed E-state index contributed by atoms with van der Waals surface area (Å²) in [5, 5.41) is 0. The Morgan fingerprint density at radius 1 is 0.314 bits per heavy atom. The fraction of sp³-hybridized carbons (Fsp3) is 0.547. The third kappa shape index (κ3) is 54.0. The standard InChI is InChI=1S/C64H98O6/c1-4-7-10-13-16-19-22-25-28-30-32-34-36-39-42-45-48-51-54-57-63(66)69-60-61(59-68-62(65)56-53-50-47-44-41-38-35-27-24-21-18-15-12-9-6-3)70-64(67)58-55-52-49-46-43-40-37-33-31-29-26-23-20-17-14-11-8-5-2/h7,9-12,14-21,23-26,28-29,31-34,37,39,42,61H,4-6,8,13,22,27,30,35-36,38,40-41,43-60H2,1-3H3/b10-7-,12-9-,14-11-,18-15-,19-16-,20-17-,24-21-,26-23-,28-25-,31-29-,34-32-,37-33-,42-39-. The van der Waals surface area contributed by atoms with Crippen LogP contribution in [0.5, 0.6) is 0 Å². The molecule has 0 aliphatic rings. The van der Waals surface area contributed by atoms with Crippen LogP contribution in [-0.4, -0.2) is 37.2 Å². The molecule has 6 nitrogen and oxygen atoms in total. The van der Waals surface area contributed by atoms with Gasteiger partial charge in [-0.15, -0.1) is 0 Å². The van der Waals surface area contributed by atoms with Gasteiger partial charge in [0.05, 0.1) is 0 Å². The maximum absolute atomic E-state index is 12.9. The summed E-state index contributed by atoms with van der Waals surface area (Å²) in [5.74, 6) is -0.993. The van der Waals surface area contributed by atoms with Crippen LogP contribution in [-0.2, 0) is 28.6 Å². The van der Waals surface area contributed by atoms with Crippen LogP contribution < -0.4 is 0 Å². The molecule has 0 aliphatic heterocycles. The molecule has 1 unspecified atom stereocenters. The van der Waals surface area contributed by atoms with E-state index in [4.69, 9.17) is 14.2 Å². The number of hydrogen-bond acceptors (Lipinski definition) is 6. The smallest absolute Gasteiger partial charge is 0.306 e. The van der Waals surface area contributed by atoms with E-state index in [1.54, 1.807) is 0 Å². The Kier molecular flexibility index (Phi) is 52.6. The van der Waals surface area contributed by atoms with Gasteiger partial charge >= 0.3 is 17.9 Å². The molecule has 390 valence electrons. The number of hydrogen-bond donors (Lipinski definition) is 0. The highest BCUT2D eigenvalue weighted by molar-refractivity contribution is 5.71. The van der Waals surface area contributed by atoms with E-state index < -0.39 is 6.10 Å². The molecule has 6 heteroatoms. The molecule has 0 aliphatic carbocycles. The summed E-state index contributed by atoms with van der Waals surface area (Å²) in [6.45, 7) is 6.23. The van der Waals surface area contributed by atoms with Crippen LogP contribution in [0.15, 0.2) is 158 Å². The molecule has 0 saturated heterocycles. The average Bonchev–Trinajstić information content (AvgIpc) is 3.36. The number of esters is 3. The molecule has 1 atom stereocenters. The van der Waals surface area contributed by atoms with Gasteiger partial charge in [0.15, 0.2) is 6.10 Å². The first-order valence-electron chi connectivity index (χ1n) is 27.6. The fourth-order valence-corrected chi connectivity index (χ4v) is 6.85. The third-order valence-electron chi connectivity index (χ3n) is 10.9. The topological polar surface area (TPSA) is 78.9 Å². The number of carbonyl (C=O) groups excluding carboxylic acids is 3. The Labute approximate surface area is 429 Å². The Morgan fingerprint density at radius 2 is 0.629 bits per heavy atom. The molecule has 0 spiro atoms. The van der Waals surface area contributed by atoms with Gasteiger partial charge in [0.2, 0.25) is 0 Å². The normalized spacial score (nSPS) is 13.4. The third-order valence-corrected chi connectivity index (χ3v) is 10.9. The molecule has 0 aromatic rings. The lowest BCUT2D eigenvalue weighted by molar-refractivity contribution is -0.167. The Morgan fingerprint density at radius 3 is 1.06 bits per heavy atom. The summed E-state index contributed by atoms with van der Waals surface area (Å²) in [5.41, 5.74) is 0. The zero-order valence-corrected chi connectivity index (χ0v) is 44.5. The average molecular weight is 963 g/mol. The molecule has 0 saturated carbocycles. The van der Waals surface area contributed by atoms with Crippen molar-refractivity contribution in [1.29, 1.82) is 0 Å². The SMILES string of the molecule is CC\C=C/C=C\C=C/CCCCCCCCCC(=O)OCC(COC(=O)CCCCC/C=C\C/C=C\C/C=C\C/C=C\C/C=C\CC)OC(=O)CCCCCCC\C=C/C=C\C=C/C=C\C=C/CCC. The Hall–Kier alpha value is -4.97. The number of rotatable bonds is 47. The summed E-state index contributed by atoms with van der Waals surface area (Å²) < 4.78 is 16.8. The molecule has 0 radical (unpaired) electrons. The first kappa shape index (κ1) is 65.0. The van der Waals surface area contributed by atoms with Gasteiger partial charge in [-0.1, -0.05) is 243 Å². The summed E-state index contributed by atoms with van der Waals surface area (Å²) >= 11 is 0. The van der Waals surface area contributed by atoms with E-state index in [1.807, 2.05) is 36.5 Å². The monoisotopic (exact) mass is 963 g/mol. The lowest BCUT2D eigenvalue weighted by Crippen LogP contribution is -2.30. The Balaban J connectivity index is 4.57. The van der Waals surface area contributed by atoms with Crippen molar-refractivity contribution in [1.82, 2.24) is 0 Å². The van der Waals surface area contributed by atoms with E-state index in [9.17, 15) is 14.4 Å². The van der Waals surface area contributed by atoms with Crippen molar-refractivity contribution in [2.45, 2.75) is 213 Å². The summed E-state index contributed by atoms with van der Waals surface area (Å²) in [7, 11) is 0. The number of ether oxygens (including phenoxy) is 3. The highest BCUT2D eigenvalue weighted by Crippen LogP contribution is 2.13. The zero-order valence-electron chi connectivity index (χ0n) is 44.5. The maximum Gasteiger partial charge on any atom is 0.306 e. The van der Waals surface area contributed by atoms with Crippen LogP contribution in [0.4, 0.5) is 0 Å². The van der Waals surface area contributed by atoms with Crippen LogP contribution in [0.25, 0.3) is 0 Å². The predicted molar refractivity (Wildman–Crippen MR) is 302 cm³/mol. The number of carbonyl (C=O) groups is 3. The molecule has 0 heterocycles. The summed E-state index contributed by atoms with van der Waals surface area (Å²) in [6, 6.07) is 0. The van der Waals surface area contributed by atoms with Gasteiger partial charge in [-0.05, 0) is 103 Å². The number of unbranched alkanes of at least 4 members (excludes halogenated alkanes) is 16. The second kappa shape index (κ2) is 56.6. The van der Waals surface area contributed by atoms with Gasteiger partial charge < -0.3 is 14.2 Å². The van der Waals surface area contributed by atoms with Crippen molar-refractivity contribution in [3.8, 4) is 0 Å². The van der Waals surface area contributed by atoms with Crippen molar-refractivity contribution < 1.29 is 28.6 Å². The first-order valence-corrected chi connectivity index (χ1v) is 27.6. The lowest BCUT2D eigenvalue weighted by Gasteiger charge is -2.18. The predicted octanol–water partition coefficient (Wildman–Crippen LogP) is 18.6. The highest BCUT2D eigenvalue weighted by Gasteiger charge is 2.19. The lowest BCUT2D eigenvalue weighted by atomic mass is 10.1. The van der Waals surface area contributed by atoms with Gasteiger partial charge in [-0.3, -0.25) is 14.4 Å². The molecule has 0 aromatic heterocycles. The van der Waals surface area contributed by atoms with E-state index in [0.717, 1.165) is 141 Å². The minimum atomic E-state index is -0.819. The van der Waals surface area contributed by atoms with Crippen molar-refractivity contribution in [3.63, 3.8) is 0 Å².